The summed E-state index contributed by atoms with van der Waals surface area (Å²) in [5.41, 5.74) is 2.28. The van der Waals surface area contributed by atoms with E-state index in [2.05, 4.69) is 0 Å². The summed E-state index contributed by atoms with van der Waals surface area (Å²) in [7, 11) is 1.57. The third-order valence-corrected chi connectivity index (χ3v) is 2.58. The molecule has 0 spiro atoms. The van der Waals surface area contributed by atoms with Crippen LogP contribution in [0.1, 0.15) is 5.56 Å². The molecular weight excluding hydrogens is 219 g/mol. The van der Waals surface area contributed by atoms with Crippen LogP contribution in [-0.2, 0) is 6.61 Å². The molecule has 1 N–H and O–H groups in total. The third kappa shape index (κ3) is 2.45. The zero-order chi connectivity index (χ0) is 12.3. The maximum absolute atomic E-state index is 13.2. The van der Waals surface area contributed by atoms with E-state index in [9.17, 15) is 4.39 Å². The number of hydrogen-bond donors (Lipinski definition) is 1. The van der Waals surface area contributed by atoms with Gasteiger partial charge >= 0.3 is 0 Å². The third-order valence-electron chi connectivity index (χ3n) is 2.58. The van der Waals surface area contributed by atoms with Gasteiger partial charge in [-0.2, -0.15) is 0 Å². The predicted octanol–water partition coefficient (Wildman–Crippen LogP) is 2.99. The van der Waals surface area contributed by atoms with Gasteiger partial charge < -0.3 is 9.84 Å². The molecule has 0 atom stereocenters. The lowest BCUT2D eigenvalue weighted by Gasteiger charge is -2.10. The molecule has 0 aliphatic heterocycles. The highest BCUT2D eigenvalue weighted by atomic mass is 19.1. The largest absolute Gasteiger partial charge is 0.496 e. The smallest absolute Gasteiger partial charge is 0.126 e. The van der Waals surface area contributed by atoms with E-state index in [0.717, 1.165) is 16.7 Å². The van der Waals surface area contributed by atoms with Gasteiger partial charge in [-0.3, -0.25) is 0 Å². The number of aliphatic hydroxyl groups is 1. The molecule has 2 aromatic carbocycles. The summed E-state index contributed by atoms with van der Waals surface area (Å²) in [5.74, 6) is 0.367. The van der Waals surface area contributed by atoms with Gasteiger partial charge in [0.05, 0.1) is 13.7 Å². The fraction of sp³-hybridized carbons (Fsp3) is 0.143. The van der Waals surface area contributed by atoms with Crippen LogP contribution in [0.15, 0.2) is 42.5 Å². The molecule has 0 heterocycles. The Morgan fingerprint density at radius 1 is 1.18 bits per heavy atom. The van der Waals surface area contributed by atoms with E-state index < -0.39 is 0 Å². The SMILES string of the molecule is COc1ccc(CO)cc1-c1cccc(F)c1. The molecule has 0 aliphatic rings. The van der Waals surface area contributed by atoms with Gasteiger partial charge in [0.15, 0.2) is 0 Å². The zero-order valence-corrected chi connectivity index (χ0v) is 9.48. The molecule has 0 saturated carbocycles. The van der Waals surface area contributed by atoms with Crippen molar-refractivity contribution in [1.29, 1.82) is 0 Å². The average molecular weight is 232 g/mol. The molecule has 3 heteroatoms. The van der Waals surface area contributed by atoms with Gasteiger partial charge in [-0.25, -0.2) is 4.39 Å². The van der Waals surface area contributed by atoms with Crippen molar-refractivity contribution in [2.75, 3.05) is 7.11 Å². The predicted molar refractivity (Wildman–Crippen MR) is 64.3 cm³/mol. The van der Waals surface area contributed by atoms with Crippen LogP contribution in [-0.4, -0.2) is 12.2 Å². The molecule has 0 unspecified atom stereocenters. The second-order valence-electron chi connectivity index (χ2n) is 3.70. The van der Waals surface area contributed by atoms with E-state index in [4.69, 9.17) is 9.84 Å². The normalized spacial score (nSPS) is 10.3. The Morgan fingerprint density at radius 3 is 2.65 bits per heavy atom. The van der Waals surface area contributed by atoms with Crippen LogP contribution in [0.4, 0.5) is 4.39 Å². The zero-order valence-electron chi connectivity index (χ0n) is 9.48. The summed E-state index contributed by atoms with van der Waals surface area (Å²) in [6.07, 6.45) is 0. The molecule has 0 aromatic heterocycles. The molecular formula is C14H13FO2. The first-order valence-electron chi connectivity index (χ1n) is 5.28. The number of ether oxygens (including phenoxy) is 1. The Bertz CT molecular complexity index is 523. The highest BCUT2D eigenvalue weighted by Gasteiger charge is 2.07. The monoisotopic (exact) mass is 232 g/mol. The summed E-state index contributed by atoms with van der Waals surface area (Å²) in [6, 6.07) is 11.6. The van der Waals surface area contributed by atoms with E-state index >= 15 is 0 Å². The first kappa shape index (κ1) is 11.6. The number of aliphatic hydroxyl groups excluding tert-OH is 1. The number of methoxy groups -OCH3 is 1. The Hall–Kier alpha value is -1.87. The van der Waals surface area contributed by atoms with Crippen LogP contribution in [0.5, 0.6) is 5.75 Å². The molecule has 0 bridgehead atoms. The minimum Gasteiger partial charge on any atom is -0.496 e. The first-order valence-corrected chi connectivity index (χ1v) is 5.28. The van der Waals surface area contributed by atoms with Crippen LogP contribution in [0.25, 0.3) is 11.1 Å². The number of halogens is 1. The second kappa shape index (κ2) is 4.97. The van der Waals surface area contributed by atoms with Gasteiger partial charge in [0, 0.05) is 5.56 Å². The molecule has 2 nitrogen and oxygen atoms in total. The lowest BCUT2D eigenvalue weighted by molar-refractivity contribution is 0.281. The van der Waals surface area contributed by atoms with Crippen LogP contribution >= 0.6 is 0 Å². The van der Waals surface area contributed by atoms with Crippen molar-refractivity contribution in [2.45, 2.75) is 6.61 Å². The van der Waals surface area contributed by atoms with Crippen LogP contribution < -0.4 is 4.74 Å². The summed E-state index contributed by atoms with van der Waals surface area (Å²) >= 11 is 0. The van der Waals surface area contributed by atoms with Crippen molar-refractivity contribution in [3.8, 4) is 16.9 Å². The Morgan fingerprint density at radius 2 is 2.00 bits per heavy atom. The molecule has 0 saturated heterocycles. The first-order chi connectivity index (χ1) is 8.24. The molecule has 0 aliphatic carbocycles. The molecule has 0 amide bonds. The van der Waals surface area contributed by atoms with Crippen molar-refractivity contribution >= 4 is 0 Å². The van der Waals surface area contributed by atoms with Gasteiger partial charge in [-0.15, -0.1) is 0 Å². The molecule has 17 heavy (non-hydrogen) atoms. The molecule has 2 aromatic rings. The Balaban J connectivity index is 2.56. The van der Waals surface area contributed by atoms with E-state index in [-0.39, 0.29) is 12.4 Å². The van der Waals surface area contributed by atoms with E-state index in [1.54, 1.807) is 31.4 Å². The lowest BCUT2D eigenvalue weighted by Crippen LogP contribution is -1.91. The fourth-order valence-corrected chi connectivity index (χ4v) is 1.74. The Kier molecular flexibility index (Phi) is 3.40. The second-order valence-corrected chi connectivity index (χ2v) is 3.70. The number of benzene rings is 2. The molecule has 88 valence electrons. The highest BCUT2D eigenvalue weighted by molar-refractivity contribution is 5.71. The number of hydrogen-bond acceptors (Lipinski definition) is 2. The topological polar surface area (TPSA) is 29.5 Å². The number of rotatable bonds is 3. The fourth-order valence-electron chi connectivity index (χ4n) is 1.74. The van der Waals surface area contributed by atoms with E-state index in [1.807, 2.05) is 6.07 Å². The van der Waals surface area contributed by atoms with Gasteiger partial charge in [-0.05, 0) is 35.4 Å². The maximum Gasteiger partial charge on any atom is 0.126 e. The van der Waals surface area contributed by atoms with E-state index in [1.165, 1.54) is 12.1 Å². The average Bonchev–Trinajstić information content (AvgIpc) is 2.38. The van der Waals surface area contributed by atoms with Crippen molar-refractivity contribution < 1.29 is 14.2 Å². The quantitative estimate of drug-likeness (QED) is 0.881. The van der Waals surface area contributed by atoms with Crippen molar-refractivity contribution in [1.82, 2.24) is 0 Å². The van der Waals surface area contributed by atoms with Crippen LogP contribution in [0.3, 0.4) is 0 Å². The van der Waals surface area contributed by atoms with Gasteiger partial charge in [-0.1, -0.05) is 18.2 Å². The van der Waals surface area contributed by atoms with Crippen LogP contribution in [0.2, 0.25) is 0 Å². The molecule has 2 rings (SSSR count). The highest BCUT2D eigenvalue weighted by Crippen LogP contribution is 2.31. The summed E-state index contributed by atoms with van der Waals surface area (Å²) in [5, 5.41) is 9.11. The lowest BCUT2D eigenvalue weighted by atomic mass is 10.0. The minimum absolute atomic E-state index is 0.0493. The summed E-state index contributed by atoms with van der Waals surface area (Å²) in [4.78, 5) is 0. The summed E-state index contributed by atoms with van der Waals surface area (Å²) < 4.78 is 18.4. The summed E-state index contributed by atoms with van der Waals surface area (Å²) in [6.45, 7) is -0.0493. The molecule has 0 radical (unpaired) electrons. The van der Waals surface area contributed by atoms with E-state index in [0.29, 0.717) is 5.75 Å². The van der Waals surface area contributed by atoms with Crippen molar-refractivity contribution in [2.24, 2.45) is 0 Å². The molecule has 0 fully saturated rings. The van der Waals surface area contributed by atoms with Gasteiger partial charge in [0.25, 0.3) is 0 Å². The maximum atomic E-state index is 13.2. The van der Waals surface area contributed by atoms with Crippen LogP contribution in [0, 0.1) is 5.82 Å². The van der Waals surface area contributed by atoms with Gasteiger partial charge in [0.1, 0.15) is 11.6 Å². The Labute approximate surface area is 99.3 Å². The standard InChI is InChI=1S/C14H13FO2/c1-17-14-6-5-10(9-16)7-13(14)11-3-2-4-12(15)8-11/h2-8,16H,9H2,1H3. The minimum atomic E-state index is -0.293. The van der Waals surface area contributed by atoms with Crippen molar-refractivity contribution in [3.63, 3.8) is 0 Å². The van der Waals surface area contributed by atoms with Gasteiger partial charge in [0.2, 0.25) is 0 Å². The van der Waals surface area contributed by atoms with Crippen molar-refractivity contribution in [3.05, 3.63) is 53.8 Å².